The van der Waals surface area contributed by atoms with E-state index >= 15 is 0 Å². The van der Waals surface area contributed by atoms with Crippen LogP contribution in [0.2, 0.25) is 0 Å². The molecule has 1 saturated heterocycles. The van der Waals surface area contributed by atoms with E-state index in [4.69, 9.17) is 20.6 Å². The maximum Gasteiger partial charge on any atom is 0.412 e. The van der Waals surface area contributed by atoms with Gasteiger partial charge in [-0.25, -0.2) is 9.59 Å². The van der Waals surface area contributed by atoms with Gasteiger partial charge in [-0.2, -0.15) is 4.98 Å². The minimum Gasteiger partial charge on any atom is -0.449 e. The van der Waals surface area contributed by atoms with E-state index in [1.54, 1.807) is 6.92 Å². The van der Waals surface area contributed by atoms with Crippen molar-refractivity contribution in [3.8, 4) is 12.3 Å². The first kappa shape index (κ1) is 20.9. The van der Waals surface area contributed by atoms with E-state index in [-0.39, 0.29) is 18.0 Å². The van der Waals surface area contributed by atoms with E-state index in [2.05, 4.69) is 16.2 Å². The number of carbonyl (C=O) groups excluding carboxylic acids is 1. The van der Waals surface area contributed by atoms with Crippen LogP contribution in [0.25, 0.3) is 0 Å². The summed E-state index contributed by atoms with van der Waals surface area (Å²) in [5.74, 6) is 2.16. The van der Waals surface area contributed by atoms with Crippen molar-refractivity contribution < 1.29 is 29.2 Å². The first-order valence-corrected chi connectivity index (χ1v) is 8.52. The molecule has 27 heavy (non-hydrogen) atoms. The van der Waals surface area contributed by atoms with Crippen LogP contribution >= 0.6 is 0 Å². The van der Waals surface area contributed by atoms with E-state index in [9.17, 15) is 19.8 Å². The second-order valence-electron chi connectivity index (χ2n) is 5.86. The molecule has 10 heteroatoms. The molecular formula is C17H23N3O7. The number of ether oxygens (including phenoxy) is 3. The minimum atomic E-state index is -1.32. The average Bonchev–Trinajstić information content (AvgIpc) is 2.89. The summed E-state index contributed by atoms with van der Waals surface area (Å²) in [5, 5.41) is 22.1. The van der Waals surface area contributed by atoms with Crippen molar-refractivity contribution in [3.05, 3.63) is 22.2 Å². The predicted molar refractivity (Wildman–Crippen MR) is 94.1 cm³/mol. The second-order valence-corrected chi connectivity index (χ2v) is 5.86. The summed E-state index contributed by atoms with van der Waals surface area (Å²) < 4.78 is 16.5. The lowest BCUT2D eigenvalue weighted by atomic mass is 10.1. The number of nitrogens with one attached hydrogen (secondary N) is 1. The van der Waals surface area contributed by atoms with Gasteiger partial charge in [-0.3, -0.25) is 9.88 Å². The lowest BCUT2D eigenvalue weighted by Crippen LogP contribution is -2.36. The molecule has 0 bridgehead atoms. The largest absolute Gasteiger partial charge is 0.449 e. The van der Waals surface area contributed by atoms with Crippen LogP contribution in [0.3, 0.4) is 0 Å². The van der Waals surface area contributed by atoms with E-state index in [0.717, 1.165) is 4.57 Å². The van der Waals surface area contributed by atoms with Gasteiger partial charge < -0.3 is 24.4 Å². The number of amides is 1. The first-order valence-electron chi connectivity index (χ1n) is 8.52. The van der Waals surface area contributed by atoms with E-state index < -0.39 is 36.3 Å². The van der Waals surface area contributed by atoms with Gasteiger partial charge in [-0.15, -0.1) is 6.42 Å². The number of carbonyl (C=O) groups is 1. The van der Waals surface area contributed by atoms with Crippen molar-refractivity contribution in [2.45, 2.75) is 44.8 Å². The Morgan fingerprint density at radius 1 is 1.44 bits per heavy atom. The van der Waals surface area contributed by atoms with Crippen LogP contribution in [-0.2, 0) is 14.2 Å². The third kappa shape index (κ3) is 5.05. The zero-order chi connectivity index (χ0) is 20.0. The van der Waals surface area contributed by atoms with Gasteiger partial charge in [0.2, 0.25) is 0 Å². The number of hydrogen-bond acceptors (Lipinski definition) is 8. The highest BCUT2D eigenvalue weighted by molar-refractivity contribution is 5.84. The molecule has 10 nitrogen and oxygen atoms in total. The van der Waals surface area contributed by atoms with E-state index in [1.807, 2.05) is 6.92 Å². The molecule has 0 radical (unpaired) electrons. The summed E-state index contributed by atoms with van der Waals surface area (Å²) in [6.45, 7) is 4.59. The van der Waals surface area contributed by atoms with Gasteiger partial charge in [-0.05, 0) is 13.8 Å². The molecule has 1 aliphatic rings. The van der Waals surface area contributed by atoms with E-state index in [1.165, 1.54) is 6.20 Å². The summed E-state index contributed by atoms with van der Waals surface area (Å²) in [5.41, 5.74) is -0.725. The standard InChI is InChI=1S/C17H23N3O7/c1-4-11-9-20(15-13(22)12(21)10(3)27-15)16(23)18-14(11)19-17(24)26-8-6-7-25-5-2/h1,9-10,12-13,15,21-22H,5-8H2,2-3H3,(H,18,19,23,24)/t10-,12?,13?,15-/m1/s1. The predicted octanol–water partition coefficient (Wildman–Crippen LogP) is -0.161. The van der Waals surface area contributed by atoms with Gasteiger partial charge in [0.05, 0.1) is 18.3 Å². The third-order valence-electron chi connectivity index (χ3n) is 3.95. The molecule has 2 heterocycles. The van der Waals surface area contributed by atoms with Crippen molar-refractivity contribution >= 4 is 11.9 Å². The van der Waals surface area contributed by atoms with Crippen molar-refractivity contribution in [1.82, 2.24) is 9.55 Å². The van der Waals surface area contributed by atoms with Gasteiger partial charge in [0, 0.05) is 25.8 Å². The zero-order valence-electron chi connectivity index (χ0n) is 15.1. The van der Waals surface area contributed by atoms with Crippen LogP contribution in [-0.4, -0.2) is 64.0 Å². The number of anilines is 1. The quantitative estimate of drug-likeness (QED) is 0.438. The molecule has 148 valence electrons. The molecule has 1 aromatic rings. The molecule has 1 aliphatic heterocycles. The fourth-order valence-corrected chi connectivity index (χ4v) is 2.51. The molecule has 0 spiro atoms. The maximum atomic E-state index is 12.3. The number of aliphatic hydroxyl groups is 2. The lowest BCUT2D eigenvalue weighted by molar-refractivity contribution is -0.0350. The van der Waals surface area contributed by atoms with Crippen molar-refractivity contribution in [2.75, 3.05) is 25.1 Å². The van der Waals surface area contributed by atoms with Gasteiger partial charge >= 0.3 is 11.8 Å². The van der Waals surface area contributed by atoms with Crippen LogP contribution in [0.1, 0.15) is 32.1 Å². The Kier molecular flexibility index (Phi) is 7.32. The second kappa shape index (κ2) is 9.48. The number of rotatable bonds is 7. The highest BCUT2D eigenvalue weighted by Crippen LogP contribution is 2.28. The number of terminal acetylenes is 1. The maximum absolute atomic E-state index is 12.3. The number of nitrogens with zero attached hydrogens (tertiary/aromatic N) is 2. The van der Waals surface area contributed by atoms with Crippen LogP contribution in [0.5, 0.6) is 0 Å². The average molecular weight is 381 g/mol. The molecular weight excluding hydrogens is 358 g/mol. The van der Waals surface area contributed by atoms with Gasteiger partial charge in [0.15, 0.2) is 12.0 Å². The molecule has 2 unspecified atom stereocenters. The lowest BCUT2D eigenvalue weighted by Gasteiger charge is -2.18. The van der Waals surface area contributed by atoms with E-state index in [0.29, 0.717) is 19.6 Å². The summed E-state index contributed by atoms with van der Waals surface area (Å²) in [7, 11) is 0. The Morgan fingerprint density at radius 2 is 2.19 bits per heavy atom. The SMILES string of the molecule is C#Cc1cn([C@@H]2O[C@H](C)C(O)C2O)c(=O)nc1NC(=O)OCCCOCC. The highest BCUT2D eigenvalue weighted by atomic mass is 16.6. The normalized spacial score (nSPS) is 24.4. The van der Waals surface area contributed by atoms with Gasteiger partial charge in [-0.1, -0.05) is 5.92 Å². The summed E-state index contributed by atoms with van der Waals surface area (Å²) in [6.07, 6.45) is 2.07. The Hall–Kier alpha value is -2.45. The fourth-order valence-electron chi connectivity index (χ4n) is 2.51. The molecule has 4 atom stereocenters. The molecule has 3 N–H and O–H groups in total. The molecule has 0 aliphatic carbocycles. The molecule has 1 amide bonds. The summed E-state index contributed by atoms with van der Waals surface area (Å²) in [6, 6.07) is 0. The minimum absolute atomic E-state index is 0.0886. The zero-order valence-corrected chi connectivity index (χ0v) is 15.1. The summed E-state index contributed by atoms with van der Waals surface area (Å²) in [4.78, 5) is 27.8. The van der Waals surface area contributed by atoms with Crippen LogP contribution in [0.4, 0.5) is 10.6 Å². The smallest absolute Gasteiger partial charge is 0.412 e. The first-order chi connectivity index (χ1) is 12.9. The van der Waals surface area contributed by atoms with Crippen molar-refractivity contribution in [3.63, 3.8) is 0 Å². The van der Waals surface area contributed by atoms with Crippen LogP contribution in [0, 0.1) is 12.3 Å². The Labute approximate surface area is 156 Å². The van der Waals surface area contributed by atoms with Gasteiger partial charge in [0.25, 0.3) is 0 Å². The van der Waals surface area contributed by atoms with Crippen molar-refractivity contribution in [2.24, 2.45) is 0 Å². The topological polar surface area (TPSA) is 132 Å². The Morgan fingerprint density at radius 3 is 2.78 bits per heavy atom. The molecule has 2 rings (SSSR count). The van der Waals surface area contributed by atoms with Gasteiger partial charge in [0.1, 0.15) is 12.2 Å². The fraction of sp³-hybridized carbons (Fsp3) is 0.588. The monoisotopic (exact) mass is 381 g/mol. The number of hydrogen-bond donors (Lipinski definition) is 3. The van der Waals surface area contributed by atoms with Crippen LogP contribution in [0.15, 0.2) is 11.0 Å². The molecule has 1 aromatic heterocycles. The molecule has 0 aromatic carbocycles. The number of aromatic nitrogens is 2. The molecule has 0 saturated carbocycles. The van der Waals surface area contributed by atoms with Crippen molar-refractivity contribution in [1.29, 1.82) is 0 Å². The van der Waals surface area contributed by atoms with Crippen LogP contribution < -0.4 is 11.0 Å². The third-order valence-corrected chi connectivity index (χ3v) is 3.95. The number of aliphatic hydroxyl groups excluding tert-OH is 2. The highest BCUT2D eigenvalue weighted by Gasteiger charge is 2.42. The Balaban J connectivity index is 2.09. The summed E-state index contributed by atoms with van der Waals surface area (Å²) >= 11 is 0. The Bertz CT molecular complexity index is 758. The molecule has 1 fully saturated rings.